The van der Waals surface area contributed by atoms with Crippen LogP contribution in [-0.4, -0.2) is 57.5 Å². The lowest BCUT2D eigenvalue weighted by molar-refractivity contribution is 0.180. The van der Waals surface area contributed by atoms with Gasteiger partial charge in [0.25, 0.3) is 0 Å². The van der Waals surface area contributed by atoms with E-state index in [1.807, 2.05) is 31.3 Å². The molecule has 1 aromatic carbocycles. The molecule has 0 aliphatic heterocycles. The van der Waals surface area contributed by atoms with Crippen molar-refractivity contribution in [2.45, 2.75) is 19.6 Å². The first-order valence-corrected chi connectivity index (χ1v) is 9.89. The van der Waals surface area contributed by atoms with Gasteiger partial charge in [0.2, 0.25) is 0 Å². The van der Waals surface area contributed by atoms with E-state index in [1.54, 1.807) is 43.8 Å². The van der Waals surface area contributed by atoms with Crippen LogP contribution in [0.1, 0.15) is 24.3 Å². The standard InChI is InChI=1S/C19H29N5O3S.HI/c1-6-20-18(21-10-14-12-28-19(23-14)24(2)3)22-11-17(25)13-7-15(26-4)9-16(8-13)27-5;/h7-9,12,17,25H,6,10-11H2,1-5H3,(H2,20,21,22);1H. The Labute approximate surface area is 193 Å². The summed E-state index contributed by atoms with van der Waals surface area (Å²) in [7, 11) is 7.09. The highest BCUT2D eigenvalue weighted by atomic mass is 127. The maximum absolute atomic E-state index is 10.6. The van der Waals surface area contributed by atoms with Crippen molar-refractivity contribution in [3.63, 3.8) is 0 Å². The Kier molecular flexibility index (Phi) is 11.1. The van der Waals surface area contributed by atoms with E-state index in [1.165, 1.54) is 0 Å². The molecule has 10 heteroatoms. The molecule has 0 spiro atoms. The van der Waals surface area contributed by atoms with Crippen molar-refractivity contribution < 1.29 is 14.6 Å². The average molecular weight is 535 g/mol. The van der Waals surface area contributed by atoms with Gasteiger partial charge in [-0.25, -0.2) is 9.98 Å². The second-order valence-corrected chi connectivity index (χ2v) is 7.09. The molecule has 0 fully saturated rings. The number of anilines is 1. The Morgan fingerprint density at radius 1 is 1.21 bits per heavy atom. The van der Waals surface area contributed by atoms with Gasteiger partial charge in [-0.15, -0.1) is 35.3 Å². The molecular formula is C19H30IN5O3S. The summed E-state index contributed by atoms with van der Waals surface area (Å²) in [4.78, 5) is 11.0. The molecule has 0 aliphatic carbocycles. The summed E-state index contributed by atoms with van der Waals surface area (Å²) in [5, 5.41) is 19.8. The quantitative estimate of drug-likeness (QED) is 0.259. The smallest absolute Gasteiger partial charge is 0.191 e. The highest BCUT2D eigenvalue weighted by molar-refractivity contribution is 14.0. The van der Waals surface area contributed by atoms with Crippen molar-refractivity contribution in [2.24, 2.45) is 4.99 Å². The van der Waals surface area contributed by atoms with Crippen molar-refractivity contribution in [2.75, 3.05) is 46.3 Å². The van der Waals surface area contributed by atoms with Gasteiger partial charge in [0.05, 0.1) is 32.6 Å². The summed E-state index contributed by atoms with van der Waals surface area (Å²) in [6.45, 7) is 3.47. The van der Waals surface area contributed by atoms with E-state index in [9.17, 15) is 5.11 Å². The van der Waals surface area contributed by atoms with Crippen LogP contribution in [0.2, 0.25) is 0 Å². The van der Waals surface area contributed by atoms with Crippen LogP contribution in [0, 0.1) is 0 Å². The van der Waals surface area contributed by atoms with E-state index in [0.29, 0.717) is 36.1 Å². The third-order valence-corrected chi connectivity index (χ3v) is 4.94. The topological polar surface area (TPSA) is 91.2 Å². The number of methoxy groups -OCH3 is 2. The van der Waals surface area contributed by atoms with Gasteiger partial charge in [0, 0.05) is 38.6 Å². The van der Waals surface area contributed by atoms with Crippen molar-refractivity contribution in [3.05, 3.63) is 34.8 Å². The monoisotopic (exact) mass is 535 g/mol. The van der Waals surface area contributed by atoms with Crippen LogP contribution in [0.25, 0.3) is 0 Å². The van der Waals surface area contributed by atoms with Crippen LogP contribution in [0.5, 0.6) is 11.5 Å². The summed E-state index contributed by atoms with van der Waals surface area (Å²) in [5.41, 5.74) is 1.61. The van der Waals surface area contributed by atoms with E-state index in [2.05, 4.69) is 20.6 Å². The number of thiazole rings is 1. The first-order valence-electron chi connectivity index (χ1n) is 9.01. The van der Waals surface area contributed by atoms with Crippen molar-refractivity contribution in [1.29, 1.82) is 0 Å². The van der Waals surface area contributed by atoms with Gasteiger partial charge >= 0.3 is 0 Å². The number of aliphatic imine (C=N–C) groups is 1. The highest BCUT2D eigenvalue weighted by Crippen LogP contribution is 2.26. The average Bonchev–Trinajstić information content (AvgIpc) is 3.18. The Hall–Kier alpha value is -1.79. The van der Waals surface area contributed by atoms with Gasteiger partial charge in [-0.2, -0.15) is 0 Å². The lowest BCUT2D eigenvalue weighted by Crippen LogP contribution is -2.39. The molecule has 1 heterocycles. The zero-order valence-electron chi connectivity index (χ0n) is 17.4. The highest BCUT2D eigenvalue weighted by Gasteiger charge is 2.12. The number of rotatable bonds is 9. The third kappa shape index (κ3) is 7.86. The predicted octanol–water partition coefficient (Wildman–Crippen LogP) is 2.63. The van der Waals surface area contributed by atoms with Crippen molar-refractivity contribution in [3.8, 4) is 11.5 Å². The molecule has 0 saturated heterocycles. The first-order chi connectivity index (χ1) is 13.5. The summed E-state index contributed by atoms with van der Waals surface area (Å²) in [6, 6.07) is 5.35. The molecule has 0 aliphatic rings. The van der Waals surface area contributed by atoms with Crippen LogP contribution in [0.3, 0.4) is 0 Å². The van der Waals surface area contributed by atoms with Crippen molar-refractivity contribution in [1.82, 2.24) is 15.6 Å². The fraction of sp³-hybridized carbons (Fsp3) is 0.474. The number of ether oxygens (including phenoxy) is 2. The van der Waals surface area contributed by atoms with Gasteiger partial charge < -0.3 is 30.1 Å². The maximum atomic E-state index is 10.6. The molecular weight excluding hydrogens is 505 g/mol. The molecule has 3 N–H and O–H groups in total. The van der Waals surface area contributed by atoms with Crippen LogP contribution in [-0.2, 0) is 6.54 Å². The Balaban J connectivity index is 0.00000420. The predicted molar refractivity (Wildman–Crippen MR) is 129 cm³/mol. The number of hydrogen-bond acceptors (Lipinski definition) is 7. The lowest BCUT2D eigenvalue weighted by Gasteiger charge is -2.17. The van der Waals surface area contributed by atoms with E-state index in [0.717, 1.165) is 17.4 Å². The molecule has 0 amide bonds. The number of nitrogens with one attached hydrogen (secondary N) is 2. The summed E-state index contributed by atoms with van der Waals surface area (Å²) < 4.78 is 10.5. The number of nitrogens with zero attached hydrogens (tertiary/aromatic N) is 3. The Morgan fingerprint density at radius 2 is 1.86 bits per heavy atom. The molecule has 8 nitrogen and oxygen atoms in total. The minimum absolute atomic E-state index is 0. The zero-order chi connectivity index (χ0) is 20.5. The fourth-order valence-electron chi connectivity index (χ4n) is 2.41. The molecule has 0 bridgehead atoms. The molecule has 1 unspecified atom stereocenters. The normalized spacial score (nSPS) is 12.0. The molecule has 29 heavy (non-hydrogen) atoms. The number of guanidine groups is 1. The van der Waals surface area contributed by atoms with Crippen LogP contribution in [0.4, 0.5) is 5.13 Å². The number of aliphatic hydroxyl groups is 1. The third-order valence-electron chi connectivity index (χ3n) is 3.89. The van der Waals surface area contributed by atoms with Crippen LogP contribution in [0.15, 0.2) is 28.6 Å². The summed E-state index contributed by atoms with van der Waals surface area (Å²) >= 11 is 1.59. The molecule has 2 rings (SSSR count). The number of aliphatic hydroxyl groups excluding tert-OH is 1. The molecule has 1 aromatic heterocycles. The molecule has 0 saturated carbocycles. The minimum atomic E-state index is -0.743. The molecule has 2 aromatic rings. The minimum Gasteiger partial charge on any atom is -0.497 e. The Bertz CT molecular complexity index is 763. The fourth-order valence-corrected chi connectivity index (χ4v) is 3.16. The number of halogens is 1. The van der Waals surface area contributed by atoms with Gasteiger partial charge in [0.15, 0.2) is 11.1 Å². The molecule has 0 radical (unpaired) electrons. The number of hydrogen-bond donors (Lipinski definition) is 3. The number of benzene rings is 1. The van der Waals surface area contributed by atoms with E-state index >= 15 is 0 Å². The largest absolute Gasteiger partial charge is 0.497 e. The van der Waals surface area contributed by atoms with E-state index in [-0.39, 0.29) is 24.0 Å². The number of aromatic nitrogens is 1. The summed E-state index contributed by atoms with van der Waals surface area (Å²) in [6.07, 6.45) is -0.743. The molecule has 1 atom stereocenters. The van der Waals surface area contributed by atoms with Gasteiger partial charge in [-0.3, -0.25) is 0 Å². The summed E-state index contributed by atoms with van der Waals surface area (Å²) in [5.74, 6) is 1.89. The van der Waals surface area contributed by atoms with Gasteiger partial charge in [0.1, 0.15) is 11.5 Å². The van der Waals surface area contributed by atoms with Crippen molar-refractivity contribution >= 4 is 46.4 Å². The van der Waals surface area contributed by atoms with Gasteiger partial charge in [-0.1, -0.05) is 0 Å². The van der Waals surface area contributed by atoms with Crippen LogP contribution >= 0.6 is 35.3 Å². The second kappa shape index (κ2) is 12.7. The van der Waals surface area contributed by atoms with Crippen LogP contribution < -0.4 is 25.0 Å². The second-order valence-electron chi connectivity index (χ2n) is 6.25. The van der Waals surface area contributed by atoms with E-state index in [4.69, 9.17) is 9.47 Å². The first kappa shape index (κ1) is 25.2. The van der Waals surface area contributed by atoms with E-state index < -0.39 is 6.10 Å². The zero-order valence-corrected chi connectivity index (χ0v) is 20.6. The molecule has 162 valence electrons. The lowest BCUT2D eigenvalue weighted by atomic mass is 10.1. The van der Waals surface area contributed by atoms with Gasteiger partial charge in [-0.05, 0) is 24.6 Å². The SMILES string of the molecule is CCNC(=NCc1csc(N(C)C)n1)NCC(O)c1cc(OC)cc(OC)c1.I. The Morgan fingerprint density at radius 3 is 2.38 bits per heavy atom. The maximum Gasteiger partial charge on any atom is 0.191 e.